The lowest BCUT2D eigenvalue weighted by molar-refractivity contribution is 0.583. The molecule has 0 aliphatic rings. The van der Waals surface area contributed by atoms with Gasteiger partial charge in [0.05, 0.1) is 17.4 Å². The molecule has 0 unspecified atom stereocenters. The van der Waals surface area contributed by atoms with E-state index < -0.39 is 10.0 Å². The Labute approximate surface area is 165 Å². The number of benzene rings is 1. The van der Waals surface area contributed by atoms with Crippen LogP contribution in [-0.2, 0) is 10.0 Å². The molecule has 0 atom stereocenters. The van der Waals surface area contributed by atoms with Crippen LogP contribution in [0.15, 0.2) is 47.8 Å². The van der Waals surface area contributed by atoms with Gasteiger partial charge in [-0.3, -0.25) is 0 Å². The maximum Gasteiger partial charge on any atom is 0.242 e. The number of rotatable bonds is 7. The van der Waals surface area contributed by atoms with Gasteiger partial charge in [0.15, 0.2) is 5.82 Å². The van der Waals surface area contributed by atoms with Gasteiger partial charge in [-0.05, 0) is 25.1 Å². The second-order valence-electron chi connectivity index (χ2n) is 5.88. The predicted molar refractivity (Wildman–Crippen MR) is 105 cm³/mol. The van der Waals surface area contributed by atoms with Crippen molar-refractivity contribution < 1.29 is 8.42 Å². The van der Waals surface area contributed by atoms with E-state index in [1.165, 1.54) is 12.4 Å². The van der Waals surface area contributed by atoms with Crippen molar-refractivity contribution in [2.45, 2.75) is 11.8 Å². The molecule has 0 saturated carbocycles. The Morgan fingerprint density at radius 1 is 1.14 bits per heavy atom. The van der Waals surface area contributed by atoms with Crippen LogP contribution in [0.2, 0.25) is 0 Å². The standard InChI is InChI=1S/C16H16N8O2S2/c1-11-5-8-24(21-11)15-9-14(18-10-19-15)17-6-7-20-28(25,26)13-4-2-3-12-16(13)23-27-22-12/h2-5,8-10,20H,6-7H2,1H3,(H,17,18,19). The Hall–Kier alpha value is -2.96. The monoisotopic (exact) mass is 416 g/mol. The van der Waals surface area contributed by atoms with Crippen molar-refractivity contribution in [3.8, 4) is 5.82 Å². The van der Waals surface area contributed by atoms with Crippen molar-refractivity contribution in [2.24, 2.45) is 0 Å². The van der Waals surface area contributed by atoms with Gasteiger partial charge in [-0.2, -0.15) is 13.8 Å². The van der Waals surface area contributed by atoms with Gasteiger partial charge < -0.3 is 5.32 Å². The van der Waals surface area contributed by atoms with Crippen LogP contribution >= 0.6 is 11.7 Å². The summed E-state index contributed by atoms with van der Waals surface area (Å²) in [5, 5.41) is 7.37. The van der Waals surface area contributed by atoms with Gasteiger partial charge in [0.2, 0.25) is 10.0 Å². The van der Waals surface area contributed by atoms with Gasteiger partial charge in [0.1, 0.15) is 28.1 Å². The zero-order chi connectivity index (χ0) is 19.6. The van der Waals surface area contributed by atoms with Gasteiger partial charge in [-0.1, -0.05) is 6.07 Å². The molecule has 0 bridgehead atoms. The first-order valence-electron chi connectivity index (χ1n) is 8.32. The minimum absolute atomic E-state index is 0.122. The molecule has 10 nitrogen and oxygen atoms in total. The fraction of sp³-hybridized carbons (Fsp3) is 0.188. The summed E-state index contributed by atoms with van der Waals surface area (Å²) in [7, 11) is -3.69. The van der Waals surface area contributed by atoms with E-state index in [4.69, 9.17) is 0 Å². The minimum Gasteiger partial charge on any atom is -0.369 e. The fourth-order valence-corrected chi connectivity index (χ4v) is 4.36. The summed E-state index contributed by atoms with van der Waals surface area (Å²) in [6, 6.07) is 8.51. The quantitative estimate of drug-likeness (QED) is 0.432. The highest BCUT2D eigenvalue weighted by atomic mass is 32.2. The first kappa shape index (κ1) is 18.4. The van der Waals surface area contributed by atoms with Gasteiger partial charge >= 0.3 is 0 Å². The first-order chi connectivity index (χ1) is 13.5. The molecular formula is C16H16N8O2S2. The zero-order valence-electron chi connectivity index (χ0n) is 14.8. The highest BCUT2D eigenvalue weighted by Gasteiger charge is 2.18. The Morgan fingerprint density at radius 3 is 2.86 bits per heavy atom. The van der Waals surface area contributed by atoms with Gasteiger partial charge in [0, 0.05) is 25.4 Å². The average molecular weight is 416 g/mol. The second-order valence-corrected chi connectivity index (χ2v) is 8.14. The molecule has 0 saturated heterocycles. The number of hydrogen-bond donors (Lipinski definition) is 2. The molecule has 144 valence electrons. The number of hydrogen-bond acceptors (Lipinski definition) is 9. The number of nitrogens with one attached hydrogen (secondary N) is 2. The summed E-state index contributed by atoms with van der Waals surface area (Å²) >= 11 is 0.984. The largest absolute Gasteiger partial charge is 0.369 e. The van der Waals surface area contributed by atoms with Gasteiger partial charge in [0.25, 0.3) is 0 Å². The normalized spacial score (nSPS) is 11.8. The number of aromatic nitrogens is 6. The molecule has 3 aromatic heterocycles. The Kier molecular flexibility index (Phi) is 4.98. The van der Waals surface area contributed by atoms with Crippen molar-refractivity contribution in [1.82, 2.24) is 33.2 Å². The average Bonchev–Trinajstić information content (AvgIpc) is 3.34. The summed E-state index contributed by atoms with van der Waals surface area (Å²) in [6.07, 6.45) is 3.23. The highest BCUT2D eigenvalue weighted by molar-refractivity contribution is 7.89. The third kappa shape index (κ3) is 3.83. The van der Waals surface area contributed by atoms with Crippen LogP contribution < -0.4 is 10.0 Å². The van der Waals surface area contributed by atoms with E-state index in [2.05, 4.69) is 33.9 Å². The van der Waals surface area contributed by atoms with Crippen molar-refractivity contribution in [1.29, 1.82) is 0 Å². The van der Waals surface area contributed by atoms with Crippen molar-refractivity contribution in [2.75, 3.05) is 18.4 Å². The summed E-state index contributed by atoms with van der Waals surface area (Å²) in [5.41, 5.74) is 1.82. The van der Waals surface area contributed by atoms with E-state index in [1.54, 1.807) is 22.9 Å². The lowest BCUT2D eigenvalue weighted by Crippen LogP contribution is -2.29. The van der Waals surface area contributed by atoms with Crippen molar-refractivity contribution in [3.05, 3.63) is 48.5 Å². The third-order valence-corrected chi connectivity index (χ3v) is 5.91. The molecule has 12 heteroatoms. The van der Waals surface area contributed by atoms with Crippen LogP contribution in [0.25, 0.3) is 16.9 Å². The molecule has 2 N–H and O–H groups in total. The Balaban J connectivity index is 1.39. The SMILES string of the molecule is Cc1ccn(-c2cc(NCCNS(=O)(=O)c3cccc4nsnc34)ncn2)n1. The molecule has 3 heterocycles. The van der Waals surface area contributed by atoms with Crippen LogP contribution in [0.1, 0.15) is 5.69 Å². The number of nitrogens with zero attached hydrogens (tertiary/aromatic N) is 6. The molecule has 4 aromatic rings. The minimum atomic E-state index is -3.69. The maximum absolute atomic E-state index is 12.6. The summed E-state index contributed by atoms with van der Waals surface area (Å²) in [4.78, 5) is 8.44. The van der Waals surface area contributed by atoms with E-state index in [1.807, 2.05) is 19.2 Å². The summed E-state index contributed by atoms with van der Waals surface area (Å²) in [6.45, 7) is 2.42. The predicted octanol–water partition coefficient (Wildman–Crippen LogP) is 1.37. The summed E-state index contributed by atoms with van der Waals surface area (Å²) in [5.74, 6) is 1.19. The number of sulfonamides is 1. The first-order valence-corrected chi connectivity index (χ1v) is 10.5. The van der Waals surface area contributed by atoms with E-state index in [0.29, 0.717) is 29.2 Å². The van der Waals surface area contributed by atoms with Gasteiger partial charge in [-0.15, -0.1) is 0 Å². The van der Waals surface area contributed by atoms with Crippen LogP contribution in [-0.4, -0.2) is 50.0 Å². The fourth-order valence-electron chi connectivity index (χ4n) is 2.56. The van der Waals surface area contributed by atoms with Crippen molar-refractivity contribution >= 4 is 38.6 Å². The number of fused-ring (bicyclic) bond motifs is 1. The summed E-state index contributed by atoms with van der Waals surface area (Å²) < 4.78 is 37.5. The Bertz CT molecular complexity index is 1220. The molecule has 0 amide bonds. The van der Waals surface area contributed by atoms with Crippen molar-refractivity contribution in [3.63, 3.8) is 0 Å². The molecule has 0 aliphatic heterocycles. The van der Waals surface area contributed by atoms with Crippen LogP contribution in [0.5, 0.6) is 0 Å². The smallest absolute Gasteiger partial charge is 0.242 e. The zero-order valence-corrected chi connectivity index (χ0v) is 16.4. The molecule has 0 spiro atoms. The van der Waals surface area contributed by atoms with E-state index in [-0.39, 0.29) is 11.4 Å². The van der Waals surface area contributed by atoms with Crippen LogP contribution in [0.3, 0.4) is 0 Å². The molecule has 1 aromatic carbocycles. The van der Waals surface area contributed by atoms with Crippen LogP contribution in [0.4, 0.5) is 5.82 Å². The van der Waals surface area contributed by atoms with Crippen LogP contribution in [0, 0.1) is 6.92 Å². The third-order valence-electron chi connectivity index (χ3n) is 3.87. The lowest BCUT2D eigenvalue weighted by Gasteiger charge is -2.09. The molecule has 0 radical (unpaired) electrons. The topological polar surface area (TPSA) is 128 Å². The van der Waals surface area contributed by atoms with E-state index in [9.17, 15) is 8.42 Å². The number of anilines is 1. The maximum atomic E-state index is 12.6. The molecular weight excluding hydrogens is 400 g/mol. The van der Waals surface area contributed by atoms with E-state index >= 15 is 0 Å². The van der Waals surface area contributed by atoms with E-state index in [0.717, 1.165) is 17.4 Å². The second kappa shape index (κ2) is 7.58. The number of aryl methyl sites for hydroxylation is 1. The molecule has 0 fully saturated rings. The molecule has 0 aliphatic carbocycles. The molecule has 28 heavy (non-hydrogen) atoms. The van der Waals surface area contributed by atoms with Gasteiger partial charge in [-0.25, -0.2) is 27.8 Å². The Morgan fingerprint density at radius 2 is 2.04 bits per heavy atom. The molecule has 4 rings (SSSR count). The highest BCUT2D eigenvalue weighted by Crippen LogP contribution is 2.20. The lowest BCUT2D eigenvalue weighted by atomic mass is 10.3.